The normalized spacial score (nSPS) is 11.5. The van der Waals surface area contributed by atoms with Crippen molar-refractivity contribution in [3.05, 3.63) is 11.9 Å². The molecule has 0 aromatic carbocycles. The fourth-order valence-corrected chi connectivity index (χ4v) is 0.521. The van der Waals surface area contributed by atoms with Crippen LogP contribution in [-0.2, 0) is 0 Å². The quantitative estimate of drug-likeness (QED) is 0.598. The van der Waals surface area contributed by atoms with Gasteiger partial charge in [-0.3, -0.25) is 4.39 Å². The second-order valence-electron chi connectivity index (χ2n) is 2.14. The molecule has 0 saturated heterocycles. The van der Waals surface area contributed by atoms with Gasteiger partial charge in [0.05, 0.1) is 13.1 Å². The van der Waals surface area contributed by atoms with Crippen molar-refractivity contribution in [2.45, 2.75) is 18.8 Å². The molecule has 12 heavy (non-hydrogen) atoms. The van der Waals surface area contributed by atoms with E-state index in [-0.39, 0.29) is 0 Å². The first kappa shape index (κ1) is 11.3. The zero-order valence-electron chi connectivity index (χ0n) is 5.89. The largest absolute Gasteiger partial charge is 0.301 e. The number of allylic oxidation sites excluding steroid dienone is 1. The number of halogens is 6. The first-order valence-corrected chi connectivity index (χ1v) is 3.02. The maximum absolute atomic E-state index is 12.2. The Balaban J connectivity index is 4.15. The summed E-state index contributed by atoms with van der Waals surface area (Å²) in [7, 11) is 0. The van der Waals surface area contributed by atoms with Crippen LogP contribution in [0.5, 0.6) is 0 Å². The van der Waals surface area contributed by atoms with E-state index in [0.717, 1.165) is 0 Å². The van der Waals surface area contributed by atoms with E-state index in [1.54, 1.807) is 0 Å². The molecule has 0 nitrogen and oxygen atoms in total. The van der Waals surface area contributed by atoms with Crippen molar-refractivity contribution in [3.8, 4) is 0 Å². The van der Waals surface area contributed by atoms with Crippen LogP contribution >= 0.6 is 0 Å². The van der Waals surface area contributed by atoms with Gasteiger partial charge >= 0.3 is 6.08 Å². The Kier molecular flexibility index (Phi) is 4.12. The lowest BCUT2D eigenvalue weighted by atomic mass is 10.2. The molecule has 0 aliphatic carbocycles. The maximum Gasteiger partial charge on any atom is 0.301 e. The highest BCUT2D eigenvalue weighted by molar-refractivity contribution is 4.95. The van der Waals surface area contributed by atoms with Gasteiger partial charge in [-0.1, -0.05) is 0 Å². The van der Waals surface area contributed by atoms with Crippen LogP contribution in [-0.4, -0.2) is 12.6 Å². The Labute approximate surface area is 64.9 Å². The zero-order valence-corrected chi connectivity index (χ0v) is 5.89. The average Bonchev–Trinajstić information content (AvgIpc) is 1.85. The minimum absolute atomic E-state index is 1.24. The molecule has 0 N–H and O–H groups in total. The minimum atomic E-state index is -3.73. The number of rotatable bonds is 4. The lowest BCUT2D eigenvalue weighted by Crippen LogP contribution is -2.17. The molecule has 0 spiro atoms. The van der Waals surface area contributed by atoms with E-state index in [4.69, 9.17) is 0 Å². The predicted molar refractivity (Wildman–Crippen MR) is 30.5 cm³/mol. The summed E-state index contributed by atoms with van der Waals surface area (Å²) in [6, 6.07) is 0. The van der Waals surface area contributed by atoms with Crippen molar-refractivity contribution in [2.75, 3.05) is 6.67 Å². The van der Waals surface area contributed by atoms with Crippen molar-refractivity contribution in [1.82, 2.24) is 0 Å². The molecule has 72 valence electrons. The van der Waals surface area contributed by atoms with E-state index >= 15 is 0 Å². The van der Waals surface area contributed by atoms with Crippen LogP contribution in [0.2, 0.25) is 0 Å². The second-order valence-corrected chi connectivity index (χ2v) is 2.14. The molecule has 0 aromatic rings. The van der Waals surface area contributed by atoms with Gasteiger partial charge in [0.25, 0.3) is 5.92 Å². The topological polar surface area (TPSA) is 0 Å². The molecule has 0 aromatic heterocycles. The molecule has 0 atom stereocenters. The van der Waals surface area contributed by atoms with Crippen LogP contribution in [0.3, 0.4) is 0 Å². The molecular formula is C6H6F6. The lowest BCUT2D eigenvalue weighted by molar-refractivity contribution is -0.0183. The Hall–Kier alpha value is -0.680. The number of hydrogen-bond acceptors (Lipinski definition) is 0. The molecular weight excluding hydrogens is 186 g/mol. The van der Waals surface area contributed by atoms with E-state index < -0.39 is 37.3 Å². The molecule has 0 aliphatic heterocycles. The van der Waals surface area contributed by atoms with Gasteiger partial charge in [-0.2, -0.15) is 8.78 Å². The van der Waals surface area contributed by atoms with Gasteiger partial charge in [-0.05, 0) is 0 Å². The Bertz CT molecular complexity index is 169. The Morgan fingerprint density at radius 2 is 1.58 bits per heavy atom. The summed E-state index contributed by atoms with van der Waals surface area (Å²) in [6.07, 6.45) is -5.76. The maximum atomic E-state index is 12.2. The summed E-state index contributed by atoms with van der Waals surface area (Å²) in [5.41, 5.74) is 0. The fraction of sp³-hybridized carbons (Fsp3) is 0.667. The van der Waals surface area contributed by atoms with Gasteiger partial charge in [-0.25, -0.2) is 13.2 Å². The summed E-state index contributed by atoms with van der Waals surface area (Å²) in [5.74, 6) is -5.92. The predicted octanol–water partition coefficient (Wildman–Crippen LogP) is 3.45. The van der Waals surface area contributed by atoms with Gasteiger partial charge in [0, 0.05) is 6.42 Å². The van der Waals surface area contributed by atoms with Crippen LogP contribution in [0.15, 0.2) is 11.9 Å². The molecule has 6 heteroatoms. The SMILES string of the molecule is FCCC(F)(F)CC(F)=C(F)F. The Morgan fingerprint density at radius 1 is 1.08 bits per heavy atom. The summed E-state index contributed by atoms with van der Waals surface area (Å²) < 4.78 is 70.1. The average molecular weight is 192 g/mol. The van der Waals surface area contributed by atoms with Gasteiger partial charge < -0.3 is 0 Å². The van der Waals surface area contributed by atoms with Crippen molar-refractivity contribution in [3.63, 3.8) is 0 Å². The van der Waals surface area contributed by atoms with Crippen molar-refractivity contribution >= 4 is 0 Å². The lowest BCUT2D eigenvalue weighted by Gasteiger charge is -2.11. The molecule has 0 radical (unpaired) electrons. The minimum Gasteiger partial charge on any atom is -0.251 e. The highest BCUT2D eigenvalue weighted by atomic mass is 19.3. The van der Waals surface area contributed by atoms with Crippen molar-refractivity contribution in [1.29, 1.82) is 0 Å². The molecule has 0 unspecified atom stereocenters. The molecule has 0 fully saturated rings. The standard InChI is InChI=1S/C6H6F6/c7-2-1-6(11,12)3-4(8)5(9)10/h1-3H2. The summed E-state index contributed by atoms with van der Waals surface area (Å²) in [4.78, 5) is 0. The summed E-state index contributed by atoms with van der Waals surface area (Å²) in [5, 5.41) is 0. The van der Waals surface area contributed by atoms with E-state index in [2.05, 4.69) is 0 Å². The van der Waals surface area contributed by atoms with Crippen molar-refractivity contribution in [2.24, 2.45) is 0 Å². The highest BCUT2D eigenvalue weighted by Crippen LogP contribution is 2.29. The van der Waals surface area contributed by atoms with E-state index in [9.17, 15) is 26.3 Å². The highest BCUT2D eigenvalue weighted by Gasteiger charge is 2.31. The van der Waals surface area contributed by atoms with Crippen molar-refractivity contribution < 1.29 is 26.3 Å². The van der Waals surface area contributed by atoms with Gasteiger partial charge in [-0.15, -0.1) is 0 Å². The number of hydrogen-bond donors (Lipinski definition) is 0. The van der Waals surface area contributed by atoms with Crippen LogP contribution in [0.4, 0.5) is 26.3 Å². The third-order valence-electron chi connectivity index (χ3n) is 1.08. The summed E-state index contributed by atoms with van der Waals surface area (Å²) >= 11 is 0. The van der Waals surface area contributed by atoms with Crippen LogP contribution in [0, 0.1) is 0 Å². The molecule has 0 saturated carbocycles. The zero-order chi connectivity index (χ0) is 9.78. The third kappa shape index (κ3) is 4.25. The van der Waals surface area contributed by atoms with E-state index in [1.807, 2.05) is 0 Å². The smallest absolute Gasteiger partial charge is 0.251 e. The first-order chi connectivity index (χ1) is 5.39. The first-order valence-electron chi connectivity index (χ1n) is 3.02. The molecule has 0 bridgehead atoms. The van der Waals surface area contributed by atoms with Gasteiger partial charge in [0.15, 0.2) is 5.83 Å². The molecule has 0 amide bonds. The number of alkyl halides is 3. The van der Waals surface area contributed by atoms with E-state index in [1.165, 1.54) is 0 Å². The van der Waals surface area contributed by atoms with Crippen LogP contribution in [0.25, 0.3) is 0 Å². The second kappa shape index (κ2) is 4.37. The monoisotopic (exact) mass is 192 g/mol. The fourth-order valence-electron chi connectivity index (χ4n) is 0.521. The van der Waals surface area contributed by atoms with Gasteiger partial charge in [0.1, 0.15) is 0 Å². The molecule has 0 aliphatic rings. The van der Waals surface area contributed by atoms with E-state index in [0.29, 0.717) is 0 Å². The third-order valence-corrected chi connectivity index (χ3v) is 1.08. The summed E-state index contributed by atoms with van der Waals surface area (Å²) in [6.45, 7) is -1.37. The van der Waals surface area contributed by atoms with Gasteiger partial charge in [0.2, 0.25) is 0 Å². The molecule has 0 heterocycles. The van der Waals surface area contributed by atoms with Crippen LogP contribution < -0.4 is 0 Å². The Morgan fingerprint density at radius 3 is 1.92 bits per heavy atom. The van der Waals surface area contributed by atoms with Crippen LogP contribution in [0.1, 0.15) is 12.8 Å². The molecule has 0 rings (SSSR count).